The van der Waals surface area contributed by atoms with Crippen LogP contribution in [0.3, 0.4) is 0 Å². The number of aromatic nitrogens is 3. The van der Waals surface area contributed by atoms with Gasteiger partial charge in [-0.3, -0.25) is 0 Å². The zero-order valence-corrected chi connectivity index (χ0v) is 15.6. The fraction of sp³-hybridized carbons (Fsp3) is 0.200. The summed E-state index contributed by atoms with van der Waals surface area (Å²) in [4.78, 5) is 14.8. The molecule has 1 aliphatic rings. The number of H-pyrrole nitrogens is 1. The molecule has 2 aromatic carbocycles. The summed E-state index contributed by atoms with van der Waals surface area (Å²) < 4.78 is 24.0. The molecule has 0 saturated carbocycles. The summed E-state index contributed by atoms with van der Waals surface area (Å²) >= 11 is 0. The van der Waals surface area contributed by atoms with E-state index >= 15 is 0 Å². The Hall–Kier alpha value is -2.93. The van der Waals surface area contributed by atoms with Crippen LogP contribution in [0.2, 0.25) is 0 Å². The van der Waals surface area contributed by atoms with Crippen molar-refractivity contribution < 1.29 is 8.42 Å². The van der Waals surface area contributed by atoms with Crippen molar-refractivity contribution in [1.82, 2.24) is 15.0 Å². The quantitative estimate of drug-likeness (QED) is 0.580. The molecule has 0 aliphatic carbocycles. The fourth-order valence-corrected chi connectivity index (χ4v) is 4.50. The molecule has 3 heterocycles. The molecule has 1 N–H and O–H groups in total. The first-order valence-corrected chi connectivity index (χ1v) is 10.7. The first-order valence-electron chi connectivity index (χ1n) is 8.79. The molecule has 1 aliphatic heterocycles. The van der Waals surface area contributed by atoms with E-state index in [0.717, 1.165) is 41.7 Å². The number of sulfone groups is 1. The third kappa shape index (κ3) is 2.66. The number of aromatic amines is 1. The number of benzene rings is 2. The Bertz CT molecular complexity index is 1290. The molecule has 0 spiro atoms. The van der Waals surface area contributed by atoms with Crippen LogP contribution in [0.5, 0.6) is 0 Å². The fourth-order valence-electron chi connectivity index (χ4n) is 3.85. The summed E-state index contributed by atoms with van der Waals surface area (Å²) in [5, 5.41) is 2.00. The molecule has 7 heteroatoms. The Kier molecular flexibility index (Phi) is 3.48. The summed E-state index contributed by atoms with van der Waals surface area (Å²) in [5.41, 5.74) is 4.44. The van der Waals surface area contributed by atoms with Crippen molar-refractivity contribution in [3.63, 3.8) is 0 Å². The molecule has 5 rings (SSSR count). The normalized spacial score (nSPS) is 14.6. The van der Waals surface area contributed by atoms with Crippen LogP contribution in [0.1, 0.15) is 11.3 Å². The molecule has 4 aromatic rings. The zero-order valence-electron chi connectivity index (χ0n) is 14.8. The summed E-state index contributed by atoms with van der Waals surface area (Å²) in [5.74, 6) is 0.779. The largest absolute Gasteiger partial charge is 0.358 e. The van der Waals surface area contributed by atoms with Crippen molar-refractivity contribution in [2.75, 3.05) is 17.7 Å². The van der Waals surface area contributed by atoms with Crippen LogP contribution >= 0.6 is 0 Å². The van der Waals surface area contributed by atoms with E-state index in [1.54, 1.807) is 24.5 Å². The van der Waals surface area contributed by atoms with E-state index in [2.05, 4.69) is 32.0 Å². The molecule has 0 bridgehead atoms. The van der Waals surface area contributed by atoms with Gasteiger partial charge in [0.05, 0.1) is 10.4 Å². The number of fused-ring (bicyclic) bond motifs is 4. The smallest absolute Gasteiger partial charge is 0.175 e. The lowest BCUT2D eigenvalue weighted by Crippen LogP contribution is -2.31. The SMILES string of the molecule is CS(=O)(=O)c1ccc2ncnc(N3CCc4[nH]c5ccccc5c4C3)c2c1. The van der Waals surface area contributed by atoms with Gasteiger partial charge in [0.1, 0.15) is 12.1 Å². The number of nitrogens with one attached hydrogen (secondary N) is 1. The second kappa shape index (κ2) is 5.79. The molecular weight excluding hydrogens is 360 g/mol. The minimum atomic E-state index is -3.29. The van der Waals surface area contributed by atoms with Gasteiger partial charge in [-0.25, -0.2) is 18.4 Å². The van der Waals surface area contributed by atoms with Crippen LogP contribution in [0, 0.1) is 0 Å². The molecule has 0 saturated heterocycles. The van der Waals surface area contributed by atoms with Gasteiger partial charge < -0.3 is 9.88 Å². The lowest BCUT2D eigenvalue weighted by Gasteiger charge is -2.29. The second-order valence-electron chi connectivity index (χ2n) is 6.95. The van der Waals surface area contributed by atoms with E-state index in [4.69, 9.17) is 0 Å². The summed E-state index contributed by atoms with van der Waals surface area (Å²) in [6.45, 7) is 1.55. The Balaban J connectivity index is 1.64. The maximum Gasteiger partial charge on any atom is 0.175 e. The Labute approximate surface area is 156 Å². The van der Waals surface area contributed by atoms with Gasteiger partial charge in [-0.1, -0.05) is 18.2 Å². The molecule has 136 valence electrons. The Morgan fingerprint density at radius 1 is 1.07 bits per heavy atom. The van der Waals surface area contributed by atoms with E-state index in [-0.39, 0.29) is 4.90 Å². The number of rotatable bonds is 2. The second-order valence-corrected chi connectivity index (χ2v) is 8.96. The van der Waals surface area contributed by atoms with Gasteiger partial charge in [0.15, 0.2) is 9.84 Å². The molecule has 6 nitrogen and oxygen atoms in total. The molecular formula is C20H18N4O2S. The van der Waals surface area contributed by atoms with Crippen LogP contribution in [-0.2, 0) is 22.8 Å². The highest BCUT2D eigenvalue weighted by Crippen LogP contribution is 2.32. The highest BCUT2D eigenvalue weighted by atomic mass is 32.2. The van der Waals surface area contributed by atoms with Crippen molar-refractivity contribution >= 4 is 37.5 Å². The molecule has 0 amide bonds. The molecule has 0 atom stereocenters. The van der Waals surface area contributed by atoms with Gasteiger partial charge in [0, 0.05) is 53.3 Å². The lowest BCUT2D eigenvalue weighted by atomic mass is 10.0. The molecule has 2 aromatic heterocycles. The van der Waals surface area contributed by atoms with Crippen molar-refractivity contribution in [2.24, 2.45) is 0 Å². The van der Waals surface area contributed by atoms with E-state index in [1.165, 1.54) is 22.9 Å². The summed E-state index contributed by atoms with van der Waals surface area (Å²) in [7, 11) is -3.29. The Morgan fingerprint density at radius 3 is 2.78 bits per heavy atom. The van der Waals surface area contributed by atoms with Crippen molar-refractivity contribution in [2.45, 2.75) is 17.9 Å². The van der Waals surface area contributed by atoms with Crippen molar-refractivity contribution in [1.29, 1.82) is 0 Å². The molecule has 0 fully saturated rings. The average molecular weight is 378 g/mol. The first kappa shape index (κ1) is 16.3. The van der Waals surface area contributed by atoms with E-state index in [9.17, 15) is 8.42 Å². The molecule has 0 radical (unpaired) electrons. The van der Waals surface area contributed by atoms with Crippen LogP contribution in [0.4, 0.5) is 5.82 Å². The minimum Gasteiger partial charge on any atom is -0.358 e. The third-order valence-corrected chi connectivity index (χ3v) is 6.31. The standard InChI is InChI=1S/C20H18N4O2S/c1-27(25,26)13-6-7-17-15(10-13)20(22-12-21-17)24-9-8-19-16(11-24)14-4-2-3-5-18(14)23-19/h2-7,10,12,23H,8-9,11H2,1H3. The van der Waals surface area contributed by atoms with Gasteiger partial charge in [0.2, 0.25) is 0 Å². The van der Waals surface area contributed by atoms with Gasteiger partial charge in [-0.2, -0.15) is 0 Å². The third-order valence-electron chi connectivity index (χ3n) is 5.20. The number of hydrogen-bond donors (Lipinski definition) is 1. The highest BCUT2D eigenvalue weighted by molar-refractivity contribution is 7.90. The molecule has 0 unspecified atom stereocenters. The van der Waals surface area contributed by atoms with Crippen LogP contribution in [-0.4, -0.2) is 36.2 Å². The maximum atomic E-state index is 12.0. The average Bonchev–Trinajstić information content (AvgIpc) is 3.04. The van der Waals surface area contributed by atoms with Gasteiger partial charge in [-0.15, -0.1) is 0 Å². The lowest BCUT2D eigenvalue weighted by molar-refractivity contribution is 0.602. The van der Waals surface area contributed by atoms with E-state index in [1.807, 2.05) is 12.1 Å². The van der Waals surface area contributed by atoms with Gasteiger partial charge in [-0.05, 0) is 24.3 Å². The van der Waals surface area contributed by atoms with E-state index < -0.39 is 9.84 Å². The van der Waals surface area contributed by atoms with Crippen molar-refractivity contribution in [3.05, 3.63) is 60.0 Å². The van der Waals surface area contributed by atoms with Crippen LogP contribution in [0.25, 0.3) is 21.8 Å². The predicted molar refractivity (Wildman–Crippen MR) is 106 cm³/mol. The van der Waals surface area contributed by atoms with E-state index in [0.29, 0.717) is 0 Å². The zero-order chi connectivity index (χ0) is 18.6. The van der Waals surface area contributed by atoms with Gasteiger partial charge >= 0.3 is 0 Å². The van der Waals surface area contributed by atoms with Crippen LogP contribution < -0.4 is 4.90 Å². The minimum absolute atomic E-state index is 0.288. The molecule has 27 heavy (non-hydrogen) atoms. The predicted octanol–water partition coefficient (Wildman–Crippen LogP) is 3.08. The number of anilines is 1. The van der Waals surface area contributed by atoms with Crippen LogP contribution in [0.15, 0.2) is 53.7 Å². The van der Waals surface area contributed by atoms with Crippen molar-refractivity contribution in [3.8, 4) is 0 Å². The number of para-hydroxylation sites is 1. The number of nitrogens with zero attached hydrogens (tertiary/aromatic N) is 3. The first-order chi connectivity index (χ1) is 13.0. The monoisotopic (exact) mass is 378 g/mol. The number of hydrogen-bond acceptors (Lipinski definition) is 5. The van der Waals surface area contributed by atoms with Gasteiger partial charge in [0.25, 0.3) is 0 Å². The topological polar surface area (TPSA) is 79.0 Å². The highest BCUT2D eigenvalue weighted by Gasteiger charge is 2.23. The summed E-state index contributed by atoms with van der Waals surface area (Å²) in [6, 6.07) is 13.3. The Morgan fingerprint density at radius 2 is 1.93 bits per heavy atom. The maximum absolute atomic E-state index is 12.0. The summed E-state index contributed by atoms with van der Waals surface area (Å²) in [6.07, 6.45) is 3.65.